The van der Waals surface area contributed by atoms with Crippen molar-refractivity contribution in [3.8, 4) is 0 Å². The Morgan fingerprint density at radius 2 is 1.58 bits per heavy atom. The Morgan fingerprint density at radius 3 is 2.19 bits per heavy atom. The fourth-order valence-corrected chi connectivity index (χ4v) is 4.73. The first-order valence-electron chi connectivity index (χ1n) is 16.2. The van der Waals surface area contributed by atoms with Gasteiger partial charge in [0.15, 0.2) is 5.96 Å². The number of rotatable bonds is 18. The highest BCUT2D eigenvalue weighted by molar-refractivity contribution is 5.98. The van der Waals surface area contributed by atoms with Crippen LogP contribution in [0.25, 0.3) is 6.08 Å². The molecule has 3 atom stereocenters. The number of allylic oxidation sites excluding steroid dienone is 2. The van der Waals surface area contributed by atoms with E-state index in [1.165, 1.54) is 6.08 Å². The minimum atomic E-state index is -1.08. The summed E-state index contributed by atoms with van der Waals surface area (Å²) in [6.45, 7) is 7.67. The molecule has 2 aromatic carbocycles. The lowest BCUT2D eigenvalue weighted by Gasteiger charge is -2.35. The van der Waals surface area contributed by atoms with Crippen LogP contribution in [0, 0.1) is 11.8 Å². The standard InChI is InChI=1S/C36H51N7O5/c1-25(2)22-30(42-33(45)29(37)19-13-21-40-35(38)39)34(46)43(36(47)48-24-28-17-9-6-10-18-28)31(26(3)4)23-41-32(44)20-12-11-16-27-14-7-5-8-15-27/h5-12,14-18,20,25-26,29-31H,13,19,21-24,37H2,1-4H3,(H,41,44)(H,42,45)(H4,38,39,40)/b16-11+,20-12+/t29-,30-,31-/m1/s1. The molecule has 0 fully saturated rings. The highest BCUT2D eigenvalue weighted by atomic mass is 16.6. The van der Waals surface area contributed by atoms with Crippen LogP contribution in [0.5, 0.6) is 0 Å². The zero-order chi connectivity index (χ0) is 35.5. The second-order valence-corrected chi connectivity index (χ2v) is 12.2. The van der Waals surface area contributed by atoms with Crippen LogP contribution in [0.1, 0.15) is 58.1 Å². The highest BCUT2D eigenvalue weighted by Gasteiger charge is 2.38. The van der Waals surface area contributed by atoms with Crippen LogP contribution >= 0.6 is 0 Å². The quantitative estimate of drug-likeness (QED) is 0.0526. The lowest BCUT2D eigenvalue weighted by Crippen LogP contribution is -2.59. The van der Waals surface area contributed by atoms with Crippen LogP contribution in [0.3, 0.4) is 0 Å². The highest BCUT2D eigenvalue weighted by Crippen LogP contribution is 2.18. The van der Waals surface area contributed by atoms with Crippen molar-refractivity contribution < 1.29 is 23.9 Å². The van der Waals surface area contributed by atoms with E-state index in [-0.39, 0.29) is 43.8 Å². The van der Waals surface area contributed by atoms with Gasteiger partial charge in [-0.25, -0.2) is 9.69 Å². The van der Waals surface area contributed by atoms with Crippen LogP contribution in [-0.2, 0) is 25.7 Å². The smallest absolute Gasteiger partial charge is 0.417 e. The van der Waals surface area contributed by atoms with Crippen molar-refractivity contribution in [3.05, 3.63) is 90.0 Å². The Labute approximate surface area is 283 Å². The number of nitrogens with two attached hydrogens (primary N) is 3. The first kappa shape index (κ1) is 39.2. The summed E-state index contributed by atoms with van der Waals surface area (Å²) < 4.78 is 5.62. The maximum Gasteiger partial charge on any atom is 0.417 e. The molecule has 2 aromatic rings. The zero-order valence-electron chi connectivity index (χ0n) is 28.4. The number of carbonyl (C=O) groups is 4. The number of hydrogen-bond acceptors (Lipinski definition) is 7. The maximum absolute atomic E-state index is 14.2. The van der Waals surface area contributed by atoms with Crippen molar-refractivity contribution in [1.29, 1.82) is 0 Å². The van der Waals surface area contributed by atoms with Gasteiger partial charge in [-0.05, 0) is 42.2 Å². The summed E-state index contributed by atoms with van der Waals surface area (Å²) in [6.07, 6.45) is 6.68. The zero-order valence-corrected chi connectivity index (χ0v) is 28.4. The van der Waals surface area contributed by atoms with E-state index in [2.05, 4.69) is 15.6 Å². The first-order chi connectivity index (χ1) is 22.9. The molecule has 260 valence electrons. The largest absolute Gasteiger partial charge is 0.444 e. The minimum absolute atomic E-state index is 0.0224. The fraction of sp³-hybridized carbons (Fsp3) is 0.417. The fourth-order valence-electron chi connectivity index (χ4n) is 4.73. The summed E-state index contributed by atoms with van der Waals surface area (Å²) in [4.78, 5) is 58.8. The first-order valence-corrected chi connectivity index (χ1v) is 16.2. The van der Waals surface area contributed by atoms with Gasteiger partial charge in [-0.3, -0.25) is 19.4 Å². The van der Waals surface area contributed by atoms with E-state index in [4.69, 9.17) is 21.9 Å². The SMILES string of the molecule is CC(C)C[C@@H](NC(=O)[C@H](N)CCCN=C(N)N)C(=O)N(C(=O)OCc1ccccc1)[C@H](CNC(=O)/C=C/C=C/c1ccccc1)C(C)C. The van der Waals surface area contributed by atoms with Crippen molar-refractivity contribution in [1.82, 2.24) is 15.5 Å². The molecule has 0 radical (unpaired) electrons. The predicted octanol–water partition coefficient (Wildman–Crippen LogP) is 3.47. The number of aliphatic imine (C=N–C) groups is 1. The van der Waals surface area contributed by atoms with Crippen molar-refractivity contribution >= 4 is 35.9 Å². The molecule has 0 saturated heterocycles. The number of imide groups is 1. The molecule has 0 aromatic heterocycles. The van der Waals surface area contributed by atoms with Gasteiger partial charge in [-0.1, -0.05) is 107 Å². The summed E-state index contributed by atoms with van der Waals surface area (Å²) in [7, 11) is 0. The van der Waals surface area contributed by atoms with Gasteiger partial charge in [-0.2, -0.15) is 0 Å². The summed E-state index contributed by atoms with van der Waals surface area (Å²) in [6, 6.07) is 15.9. The minimum Gasteiger partial charge on any atom is -0.444 e. The Bertz CT molecular complexity index is 1390. The summed E-state index contributed by atoms with van der Waals surface area (Å²) in [5, 5.41) is 5.56. The van der Waals surface area contributed by atoms with Crippen molar-refractivity contribution in [3.63, 3.8) is 0 Å². The van der Waals surface area contributed by atoms with Gasteiger partial charge >= 0.3 is 6.09 Å². The molecule has 4 amide bonds. The van der Waals surface area contributed by atoms with Crippen LogP contribution < -0.4 is 27.8 Å². The van der Waals surface area contributed by atoms with Gasteiger partial charge in [0.2, 0.25) is 11.8 Å². The molecule has 12 heteroatoms. The number of ether oxygens (including phenoxy) is 1. The van der Waals surface area contributed by atoms with Gasteiger partial charge in [0, 0.05) is 19.2 Å². The van der Waals surface area contributed by atoms with Crippen molar-refractivity contribution in [2.45, 2.75) is 71.7 Å². The van der Waals surface area contributed by atoms with Gasteiger partial charge < -0.3 is 32.6 Å². The molecule has 12 nitrogen and oxygen atoms in total. The molecule has 8 N–H and O–H groups in total. The van der Waals surface area contributed by atoms with Gasteiger partial charge in [0.05, 0.1) is 12.1 Å². The molecule has 0 saturated carbocycles. The third kappa shape index (κ3) is 14.6. The molecule has 0 bridgehead atoms. The third-order valence-electron chi connectivity index (χ3n) is 7.30. The van der Waals surface area contributed by atoms with E-state index in [0.717, 1.165) is 16.0 Å². The van der Waals surface area contributed by atoms with Gasteiger partial charge in [0.25, 0.3) is 5.91 Å². The molecule has 0 spiro atoms. The van der Waals surface area contributed by atoms with E-state index in [1.807, 2.05) is 82.3 Å². The molecule has 2 rings (SSSR count). The number of nitrogens with one attached hydrogen (secondary N) is 2. The number of guanidine groups is 1. The van der Waals surface area contributed by atoms with Crippen LogP contribution in [0.2, 0.25) is 0 Å². The third-order valence-corrected chi connectivity index (χ3v) is 7.30. The van der Waals surface area contributed by atoms with Crippen molar-refractivity contribution in [2.75, 3.05) is 13.1 Å². The molecular weight excluding hydrogens is 610 g/mol. The molecule has 0 aliphatic heterocycles. The normalized spacial score (nSPS) is 13.2. The second-order valence-electron chi connectivity index (χ2n) is 12.2. The average Bonchev–Trinajstić information content (AvgIpc) is 3.05. The summed E-state index contributed by atoms with van der Waals surface area (Å²) in [5.41, 5.74) is 18.6. The molecule has 0 unspecified atom stereocenters. The average molecular weight is 662 g/mol. The maximum atomic E-state index is 14.2. The van der Waals surface area contributed by atoms with E-state index >= 15 is 0 Å². The Kier molecular flexibility index (Phi) is 17.2. The van der Waals surface area contributed by atoms with E-state index < -0.39 is 41.9 Å². The van der Waals surface area contributed by atoms with Crippen LogP contribution in [0.4, 0.5) is 4.79 Å². The molecular formula is C36H51N7O5. The number of hydrogen-bond donors (Lipinski definition) is 5. The Balaban J connectivity index is 2.27. The van der Waals surface area contributed by atoms with E-state index in [9.17, 15) is 19.2 Å². The molecule has 48 heavy (non-hydrogen) atoms. The number of benzene rings is 2. The van der Waals surface area contributed by atoms with Gasteiger partial charge in [-0.15, -0.1) is 0 Å². The van der Waals surface area contributed by atoms with Crippen molar-refractivity contribution in [2.24, 2.45) is 34.0 Å². The van der Waals surface area contributed by atoms with Gasteiger partial charge in [0.1, 0.15) is 12.6 Å². The summed E-state index contributed by atoms with van der Waals surface area (Å²) >= 11 is 0. The Hall–Kier alpha value is -4.97. The monoisotopic (exact) mass is 661 g/mol. The lowest BCUT2D eigenvalue weighted by atomic mass is 9.98. The molecule has 0 heterocycles. The lowest BCUT2D eigenvalue weighted by molar-refractivity contribution is -0.138. The number of nitrogens with zero attached hydrogens (tertiary/aromatic N) is 2. The molecule has 0 aliphatic rings. The second kappa shape index (κ2) is 21.0. The number of carbonyl (C=O) groups excluding carboxylic acids is 4. The predicted molar refractivity (Wildman–Crippen MR) is 189 cm³/mol. The number of amides is 4. The summed E-state index contributed by atoms with van der Waals surface area (Å²) in [5.74, 6) is -1.96. The van der Waals surface area contributed by atoms with Crippen LogP contribution in [0.15, 0.2) is 83.9 Å². The topological polar surface area (TPSA) is 195 Å². The van der Waals surface area contributed by atoms with E-state index in [1.54, 1.807) is 24.3 Å². The Morgan fingerprint density at radius 1 is 0.938 bits per heavy atom. The van der Waals surface area contributed by atoms with E-state index in [0.29, 0.717) is 13.0 Å². The van der Waals surface area contributed by atoms with Crippen LogP contribution in [-0.4, -0.2) is 65.9 Å². The molecule has 0 aliphatic carbocycles.